The summed E-state index contributed by atoms with van der Waals surface area (Å²) >= 11 is 0. The highest BCUT2D eigenvalue weighted by atomic mass is 19.4. The standard InChI is InChI=1S/C15H19F3N2O2/c1-2-14(21)19-9-11-7-8-20(10-11)12-3-5-13(6-4-12)22-15(16,17)18/h3-6,11H,2,7-10H2,1H3,(H,19,21)/t11-/m0/s1. The minimum atomic E-state index is -4.67. The van der Waals surface area contributed by atoms with Gasteiger partial charge in [0.05, 0.1) is 0 Å². The summed E-state index contributed by atoms with van der Waals surface area (Å²) in [6.45, 7) is 4.05. The molecule has 1 aromatic rings. The quantitative estimate of drug-likeness (QED) is 0.908. The van der Waals surface area contributed by atoms with Crippen LogP contribution in [0.25, 0.3) is 0 Å². The maximum atomic E-state index is 12.1. The number of benzene rings is 1. The average Bonchev–Trinajstić information content (AvgIpc) is 2.92. The molecular formula is C15H19F3N2O2. The van der Waals surface area contributed by atoms with E-state index in [2.05, 4.69) is 15.0 Å². The molecule has 0 unspecified atom stereocenters. The van der Waals surface area contributed by atoms with Crippen LogP contribution >= 0.6 is 0 Å². The zero-order valence-corrected chi connectivity index (χ0v) is 12.3. The minimum Gasteiger partial charge on any atom is -0.406 e. The first-order valence-corrected chi connectivity index (χ1v) is 7.25. The fourth-order valence-electron chi connectivity index (χ4n) is 2.48. The SMILES string of the molecule is CCC(=O)NC[C@@H]1CCN(c2ccc(OC(F)(F)F)cc2)C1. The third-order valence-corrected chi connectivity index (χ3v) is 3.63. The lowest BCUT2D eigenvalue weighted by Crippen LogP contribution is -2.30. The van der Waals surface area contributed by atoms with Crippen LogP contribution in [-0.2, 0) is 4.79 Å². The van der Waals surface area contributed by atoms with E-state index >= 15 is 0 Å². The summed E-state index contributed by atoms with van der Waals surface area (Å²) in [4.78, 5) is 13.3. The Kier molecular flexibility index (Phi) is 5.15. The van der Waals surface area contributed by atoms with Crippen LogP contribution in [0.15, 0.2) is 24.3 Å². The number of ether oxygens (including phenoxy) is 1. The number of rotatable bonds is 5. The Morgan fingerprint density at radius 3 is 2.64 bits per heavy atom. The van der Waals surface area contributed by atoms with Gasteiger partial charge in [-0.1, -0.05) is 6.92 Å². The largest absolute Gasteiger partial charge is 0.573 e. The summed E-state index contributed by atoms with van der Waals surface area (Å²) in [5, 5.41) is 2.87. The smallest absolute Gasteiger partial charge is 0.406 e. The van der Waals surface area contributed by atoms with E-state index in [1.165, 1.54) is 12.1 Å². The fraction of sp³-hybridized carbons (Fsp3) is 0.533. The molecule has 0 aromatic heterocycles. The molecule has 1 fully saturated rings. The van der Waals surface area contributed by atoms with Gasteiger partial charge < -0.3 is 15.0 Å². The van der Waals surface area contributed by atoms with Gasteiger partial charge in [0.25, 0.3) is 0 Å². The van der Waals surface area contributed by atoms with Crippen molar-refractivity contribution >= 4 is 11.6 Å². The predicted molar refractivity (Wildman–Crippen MR) is 76.7 cm³/mol. The first-order valence-electron chi connectivity index (χ1n) is 7.25. The lowest BCUT2D eigenvalue weighted by atomic mass is 10.1. The third-order valence-electron chi connectivity index (χ3n) is 3.63. The van der Waals surface area contributed by atoms with E-state index in [1.807, 2.05) is 0 Å². The zero-order chi connectivity index (χ0) is 16.2. The Balaban J connectivity index is 1.87. The van der Waals surface area contributed by atoms with E-state index < -0.39 is 6.36 Å². The highest BCUT2D eigenvalue weighted by Gasteiger charge is 2.31. The molecule has 0 bridgehead atoms. The van der Waals surface area contributed by atoms with Crippen molar-refractivity contribution in [1.29, 1.82) is 0 Å². The molecule has 0 spiro atoms. The number of carbonyl (C=O) groups is 1. The van der Waals surface area contributed by atoms with Crippen molar-refractivity contribution in [3.8, 4) is 5.75 Å². The first kappa shape index (κ1) is 16.5. The first-order chi connectivity index (χ1) is 10.4. The van der Waals surface area contributed by atoms with Crippen LogP contribution in [0.2, 0.25) is 0 Å². The van der Waals surface area contributed by atoms with Gasteiger partial charge in [0.15, 0.2) is 0 Å². The Morgan fingerprint density at radius 2 is 2.05 bits per heavy atom. The van der Waals surface area contributed by atoms with Crippen LogP contribution in [-0.4, -0.2) is 31.9 Å². The predicted octanol–water partition coefficient (Wildman–Crippen LogP) is 2.94. The molecule has 0 aliphatic carbocycles. The molecule has 1 aliphatic heterocycles. The van der Waals surface area contributed by atoms with Crippen LogP contribution in [0.4, 0.5) is 18.9 Å². The topological polar surface area (TPSA) is 41.6 Å². The van der Waals surface area contributed by atoms with Crippen LogP contribution in [0.1, 0.15) is 19.8 Å². The van der Waals surface area contributed by atoms with Crippen molar-refractivity contribution in [2.45, 2.75) is 26.1 Å². The van der Waals surface area contributed by atoms with E-state index in [0.717, 1.165) is 25.2 Å². The van der Waals surface area contributed by atoms with E-state index in [4.69, 9.17) is 0 Å². The average molecular weight is 316 g/mol. The minimum absolute atomic E-state index is 0.0344. The van der Waals surface area contributed by atoms with Crippen molar-refractivity contribution in [2.75, 3.05) is 24.5 Å². The Bertz CT molecular complexity index is 503. The monoisotopic (exact) mass is 316 g/mol. The lowest BCUT2D eigenvalue weighted by Gasteiger charge is -2.19. The number of halogens is 3. The highest BCUT2D eigenvalue weighted by Crippen LogP contribution is 2.28. The molecule has 1 aliphatic rings. The Hall–Kier alpha value is -1.92. The van der Waals surface area contributed by atoms with Crippen molar-refractivity contribution in [1.82, 2.24) is 5.32 Å². The Labute approximate surface area is 127 Å². The van der Waals surface area contributed by atoms with Gasteiger partial charge >= 0.3 is 6.36 Å². The van der Waals surface area contributed by atoms with Gasteiger partial charge in [-0.2, -0.15) is 0 Å². The summed E-state index contributed by atoms with van der Waals surface area (Å²) < 4.78 is 40.2. The zero-order valence-electron chi connectivity index (χ0n) is 12.3. The van der Waals surface area contributed by atoms with E-state index in [9.17, 15) is 18.0 Å². The molecule has 122 valence electrons. The number of anilines is 1. The molecule has 1 heterocycles. The van der Waals surface area contributed by atoms with Gasteiger partial charge in [0.2, 0.25) is 5.91 Å². The maximum Gasteiger partial charge on any atom is 0.573 e. The summed E-state index contributed by atoms with van der Waals surface area (Å²) in [6.07, 6.45) is -3.25. The molecule has 0 saturated carbocycles. The fourth-order valence-corrected chi connectivity index (χ4v) is 2.48. The van der Waals surface area contributed by atoms with Crippen LogP contribution in [0, 0.1) is 5.92 Å². The molecule has 1 aromatic carbocycles. The molecule has 22 heavy (non-hydrogen) atoms. The van der Waals surface area contributed by atoms with Gasteiger partial charge in [-0.15, -0.1) is 13.2 Å². The molecule has 1 amide bonds. The molecule has 1 atom stereocenters. The number of alkyl halides is 3. The van der Waals surface area contributed by atoms with Crippen molar-refractivity contribution in [2.24, 2.45) is 5.92 Å². The van der Waals surface area contributed by atoms with Crippen molar-refractivity contribution < 1.29 is 22.7 Å². The van der Waals surface area contributed by atoms with Crippen LogP contribution in [0.3, 0.4) is 0 Å². The second-order valence-corrected chi connectivity index (χ2v) is 5.30. The normalized spacial score (nSPS) is 18.4. The highest BCUT2D eigenvalue weighted by molar-refractivity contribution is 5.75. The van der Waals surface area contributed by atoms with E-state index in [-0.39, 0.29) is 11.7 Å². The van der Waals surface area contributed by atoms with E-state index in [1.54, 1.807) is 19.1 Å². The summed E-state index contributed by atoms with van der Waals surface area (Å²) in [5.74, 6) is 0.177. The maximum absolute atomic E-state index is 12.1. The molecule has 2 rings (SSSR count). The molecule has 4 nitrogen and oxygen atoms in total. The second-order valence-electron chi connectivity index (χ2n) is 5.30. The molecule has 1 saturated heterocycles. The van der Waals surface area contributed by atoms with Crippen LogP contribution < -0.4 is 15.0 Å². The molecule has 7 heteroatoms. The number of amides is 1. The number of nitrogens with one attached hydrogen (secondary N) is 1. The van der Waals surface area contributed by atoms with Gasteiger partial charge in [-0.05, 0) is 36.6 Å². The number of carbonyl (C=O) groups excluding carboxylic acids is 1. The Morgan fingerprint density at radius 1 is 1.36 bits per heavy atom. The van der Waals surface area contributed by atoms with Gasteiger partial charge in [-0.25, -0.2) is 0 Å². The van der Waals surface area contributed by atoms with Gasteiger partial charge in [0.1, 0.15) is 5.75 Å². The van der Waals surface area contributed by atoms with Gasteiger partial charge in [-0.3, -0.25) is 4.79 Å². The van der Waals surface area contributed by atoms with Crippen LogP contribution in [0.5, 0.6) is 5.75 Å². The lowest BCUT2D eigenvalue weighted by molar-refractivity contribution is -0.274. The summed E-state index contributed by atoms with van der Waals surface area (Å²) in [5.41, 5.74) is 0.860. The summed E-state index contributed by atoms with van der Waals surface area (Å²) in [6, 6.07) is 5.87. The molecular weight excluding hydrogens is 297 g/mol. The third kappa shape index (κ3) is 4.82. The number of hydrogen-bond donors (Lipinski definition) is 1. The molecule has 1 N–H and O–H groups in total. The van der Waals surface area contributed by atoms with Crippen molar-refractivity contribution in [3.63, 3.8) is 0 Å². The van der Waals surface area contributed by atoms with Crippen molar-refractivity contribution in [3.05, 3.63) is 24.3 Å². The molecule has 0 radical (unpaired) electrons. The van der Waals surface area contributed by atoms with E-state index in [0.29, 0.717) is 18.9 Å². The number of nitrogens with zero attached hydrogens (tertiary/aromatic N) is 1. The number of hydrogen-bond acceptors (Lipinski definition) is 3. The second kappa shape index (κ2) is 6.89. The summed E-state index contributed by atoms with van der Waals surface area (Å²) in [7, 11) is 0. The van der Waals surface area contributed by atoms with Gasteiger partial charge in [0, 0.05) is 31.7 Å².